The van der Waals surface area contributed by atoms with E-state index in [1.54, 1.807) is 0 Å². The van der Waals surface area contributed by atoms with Gasteiger partial charge in [0, 0.05) is 22.7 Å². The van der Waals surface area contributed by atoms with E-state index in [1.807, 2.05) is 11.3 Å². The fraction of sp³-hybridized carbons (Fsp3) is 0.714. The highest BCUT2D eigenvalue weighted by molar-refractivity contribution is 8.00. The molecule has 0 unspecified atom stereocenters. The van der Waals surface area contributed by atoms with Crippen LogP contribution in [0.15, 0.2) is 11.4 Å². The minimum atomic E-state index is 0.517. The van der Waals surface area contributed by atoms with Gasteiger partial charge in [0.15, 0.2) is 0 Å². The number of rotatable bonds is 5. The van der Waals surface area contributed by atoms with Crippen LogP contribution in [0.1, 0.15) is 42.5 Å². The Balaban J connectivity index is 1.82. The number of hydrogen-bond donors (Lipinski definition) is 1. The average molecular weight is 269 g/mol. The van der Waals surface area contributed by atoms with Gasteiger partial charge in [-0.1, -0.05) is 19.3 Å². The first-order chi connectivity index (χ1) is 8.26. The molecular weight excluding hydrogens is 246 g/mol. The molecule has 1 saturated carbocycles. The lowest BCUT2D eigenvalue weighted by atomic mass is 9.88. The maximum Gasteiger partial charge on any atom is 0.0302 e. The highest BCUT2D eigenvalue weighted by Crippen LogP contribution is 2.38. The van der Waals surface area contributed by atoms with E-state index in [0.29, 0.717) is 4.75 Å². The molecule has 3 heteroatoms. The third kappa shape index (κ3) is 3.49. The Labute approximate surface area is 113 Å². The van der Waals surface area contributed by atoms with Crippen LogP contribution in [0.5, 0.6) is 0 Å². The predicted molar refractivity (Wildman–Crippen MR) is 80.1 cm³/mol. The van der Waals surface area contributed by atoms with Crippen molar-refractivity contribution in [2.24, 2.45) is 0 Å². The SMILES string of the molecule is CSC1(CNCc2sccc2C)CCCCC1. The maximum absolute atomic E-state index is 3.68. The fourth-order valence-corrected chi connectivity index (χ4v) is 4.46. The van der Waals surface area contributed by atoms with Gasteiger partial charge in [0.25, 0.3) is 0 Å². The summed E-state index contributed by atoms with van der Waals surface area (Å²) in [6.07, 6.45) is 9.34. The number of hydrogen-bond acceptors (Lipinski definition) is 3. The zero-order valence-corrected chi connectivity index (χ0v) is 12.6. The first-order valence-corrected chi connectivity index (χ1v) is 8.65. The monoisotopic (exact) mass is 269 g/mol. The lowest BCUT2D eigenvalue weighted by Gasteiger charge is -2.36. The largest absolute Gasteiger partial charge is 0.310 e. The van der Waals surface area contributed by atoms with Crippen LogP contribution in [-0.2, 0) is 6.54 Å². The third-order valence-corrected chi connectivity index (χ3v) is 6.34. The van der Waals surface area contributed by atoms with E-state index < -0.39 is 0 Å². The molecule has 0 aromatic carbocycles. The van der Waals surface area contributed by atoms with Crippen LogP contribution < -0.4 is 5.32 Å². The molecule has 0 spiro atoms. The van der Waals surface area contributed by atoms with Gasteiger partial charge in [0.1, 0.15) is 0 Å². The van der Waals surface area contributed by atoms with Gasteiger partial charge in [-0.3, -0.25) is 0 Å². The lowest BCUT2D eigenvalue weighted by molar-refractivity contribution is 0.380. The van der Waals surface area contributed by atoms with Gasteiger partial charge >= 0.3 is 0 Å². The molecule has 17 heavy (non-hydrogen) atoms. The summed E-state index contributed by atoms with van der Waals surface area (Å²) in [6.45, 7) is 4.43. The van der Waals surface area contributed by atoms with Gasteiger partial charge in [-0.2, -0.15) is 11.8 Å². The Bertz CT molecular complexity index is 340. The van der Waals surface area contributed by atoms with Crippen molar-refractivity contribution in [3.63, 3.8) is 0 Å². The van der Waals surface area contributed by atoms with Crippen molar-refractivity contribution in [1.29, 1.82) is 0 Å². The van der Waals surface area contributed by atoms with Crippen LogP contribution in [-0.4, -0.2) is 17.5 Å². The molecule has 1 N–H and O–H groups in total. The molecule has 0 bridgehead atoms. The second kappa shape index (κ2) is 6.26. The van der Waals surface area contributed by atoms with Crippen LogP contribution in [0.3, 0.4) is 0 Å². The summed E-state index contributed by atoms with van der Waals surface area (Å²) in [4.78, 5) is 1.50. The quantitative estimate of drug-likeness (QED) is 0.859. The summed E-state index contributed by atoms with van der Waals surface area (Å²) in [5, 5.41) is 5.87. The standard InChI is InChI=1S/C14H23NS2/c1-12-6-9-17-13(12)10-15-11-14(16-2)7-4-3-5-8-14/h6,9,15H,3-5,7-8,10-11H2,1-2H3. The van der Waals surface area contributed by atoms with E-state index in [-0.39, 0.29) is 0 Å². The molecule has 1 aliphatic carbocycles. The minimum absolute atomic E-state index is 0.517. The third-order valence-electron chi connectivity index (χ3n) is 3.90. The Kier molecular flexibility index (Phi) is 4.95. The van der Waals surface area contributed by atoms with Crippen LogP contribution in [0.2, 0.25) is 0 Å². The summed E-state index contributed by atoms with van der Waals surface area (Å²) in [5.74, 6) is 0. The Morgan fingerprint density at radius 2 is 2.12 bits per heavy atom. The first-order valence-electron chi connectivity index (χ1n) is 6.55. The zero-order valence-electron chi connectivity index (χ0n) is 10.9. The molecule has 1 heterocycles. The van der Waals surface area contributed by atoms with Crippen molar-refractivity contribution in [3.8, 4) is 0 Å². The lowest BCUT2D eigenvalue weighted by Crippen LogP contribution is -2.39. The van der Waals surface area contributed by atoms with E-state index >= 15 is 0 Å². The molecule has 2 rings (SSSR count). The van der Waals surface area contributed by atoms with E-state index in [1.165, 1.54) is 49.1 Å². The number of nitrogens with one attached hydrogen (secondary N) is 1. The summed E-state index contributed by atoms with van der Waals surface area (Å²) in [5.41, 5.74) is 1.43. The highest BCUT2D eigenvalue weighted by atomic mass is 32.2. The maximum atomic E-state index is 3.68. The van der Waals surface area contributed by atoms with Crippen molar-refractivity contribution in [3.05, 3.63) is 21.9 Å². The van der Waals surface area contributed by atoms with Crippen molar-refractivity contribution in [1.82, 2.24) is 5.32 Å². The molecule has 0 radical (unpaired) electrons. The Hall–Kier alpha value is 0.0100. The van der Waals surface area contributed by atoms with Gasteiger partial charge in [-0.15, -0.1) is 11.3 Å². The van der Waals surface area contributed by atoms with E-state index in [4.69, 9.17) is 0 Å². The van der Waals surface area contributed by atoms with Crippen LogP contribution in [0, 0.1) is 6.92 Å². The minimum Gasteiger partial charge on any atom is -0.310 e. The second-order valence-corrected chi connectivity index (χ2v) is 7.35. The van der Waals surface area contributed by atoms with Crippen molar-refractivity contribution < 1.29 is 0 Å². The molecular formula is C14H23NS2. The van der Waals surface area contributed by atoms with Crippen LogP contribution in [0.4, 0.5) is 0 Å². The first kappa shape index (κ1) is 13.4. The van der Waals surface area contributed by atoms with E-state index in [0.717, 1.165) is 6.54 Å². The Morgan fingerprint density at radius 3 is 2.71 bits per heavy atom. The molecule has 1 aliphatic rings. The topological polar surface area (TPSA) is 12.0 Å². The molecule has 1 aromatic rings. The van der Waals surface area contributed by atoms with Gasteiger partial charge in [-0.05, 0) is 43.0 Å². The van der Waals surface area contributed by atoms with E-state index in [2.05, 4.69) is 41.7 Å². The van der Waals surface area contributed by atoms with Gasteiger partial charge in [0.05, 0.1) is 0 Å². The molecule has 0 atom stereocenters. The summed E-state index contributed by atoms with van der Waals surface area (Å²) in [7, 11) is 0. The molecule has 1 fully saturated rings. The number of thioether (sulfide) groups is 1. The van der Waals surface area contributed by atoms with Gasteiger partial charge in [-0.25, -0.2) is 0 Å². The van der Waals surface area contributed by atoms with Crippen molar-refractivity contribution in [2.45, 2.75) is 50.3 Å². The van der Waals surface area contributed by atoms with Crippen LogP contribution >= 0.6 is 23.1 Å². The second-order valence-electron chi connectivity index (χ2n) is 5.08. The average Bonchev–Trinajstić information content (AvgIpc) is 2.76. The summed E-state index contributed by atoms with van der Waals surface area (Å²) < 4.78 is 0.517. The van der Waals surface area contributed by atoms with Gasteiger partial charge < -0.3 is 5.32 Å². The highest BCUT2D eigenvalue weighted by Gasteiger charge is 2.30. The van der Waals surface area contributed by atoms with Crippen molar-refractivity contribution in [2.75, 3.05) is 12.8 Å². The molecule has 0 amide bonds. The Morgan fingerprint density at radius 1 is 1.35 bits per heavy atom. The summed E-state index contributed by atoms with van der Waals surface area (Å²) >= 11 is 3.95. The number of aryl methyl sites for hydroxylation is 1. The smallest absolute Gasteiger partial charge is 0.0302 e. The van der Waals surface area contributed by atoms with Crippen molar-refractivity contribution >= 4 is 23.1 Å². The molecule has 0 aliphatic heterocycles. The van der Waals surface area contributed by atoms with Crippen LogP contribution in [0.25, 0.3) is 0 Å². The molecule has 1 nitrogen and oxygen atoms in total. The number of thiophene rings is 1. The van der Waals surface area contributed by atoms with E-state index in [9.17, 15) is 0 Å². The molecule has 1 aromatic heterocycles. The van der Waals surface area contributed by atoms with Gasteiger partial charge in [0.2, 0.25) is 0 Å². The normalized spacial score (nSPS) is 19.4. The molecule has 0 saturated heterocycles. The predicted octanol–water partition coefficient (Wildman–Crippen LogP) is 4.21. The fourth-order valence-electron chi connectivity index (χ4n) is 2.64. The summed E-state index contributed by atoms with van der Waals surface area (Å²) in [6, 6.07) is 2.21. The zero-order chi connectivity index (χ0) is 12.1. The molecule has 96 valence electrons.